The van der Waals surface area contributed by atoms with Crippen LogP contribution in [-0.2, 0) is 0 Å². The van der Waals surface area contributed by atoms with Gasteiger partial charge in [0, 0.05) is 62.4 Å². The summed E-state index contributed by atoms with van der Waals surface area (Å²) in [6.07, 6.45) is 0. The van der Waals surface area contributed by atoms with Crippen molar-refractivity contribution in [1.29, 1.82) is 0 Å². The van der Waals surface area contributed by atoms with Crippen LogP contribution < -0.4 is 10.2 Å². The Kier molecular flexibility index (Phi) is 9.10. The zero-order chi connectivity index (χ0) is 24.8. The molecule has 11 heteroatoms. The lowest BCUT2D eigenvalue weighted by molar-refractivity contribution is 0.291. The average Bonchev–Trinajstić information content (AvgIpc) is 3.42. The third kappa shape index (κ3) is 7.46. The summed E-state index contributed by atoms with van der Waals surface area (Å²) in [5.74, 6) is 0. The van der Waals surface area contributed by atoms with Crippen LogP contribution in [0.2, 0.25) is 15.4 Å². The number of piperazine rings is 2. The Labute approximate surface area is 219 Å². The van der Waals surface area contributed by atoms with Gasteiger partial charge in [0.1, 0.15) is 11.0 Å². The van der Waals surface area contributed by atoms with Gasteiger partial charge in [-0.15, -0.1) is 0 Å². The molecule has 0 atom stereocenters. The Morgan fingerprint density at radius 2 is 1.26 bits per heavy atom. The summed E-state index contributed by atoms with van der Waals surface area (Å²) in [7, 11) is 4.28. The Balaban J connectivity index is 0.000000137. The summed E-state index contributed by atoms with van der Waals surface area (Å²) in [6, 6.07) is 11.4. The van der Waals surface area contributed by atoms with Crippen molar-refractivity contribution in [3.63, 3.8) is 0 Å². The fourth-order valence-electron chi connectivity index (χ4n) is 3.67. The summed E-state index contributed by atoms with van der Waals surface area (Å²) in [5, 5.41) is 4.73. The van der Waals surface area contributed by atoms with Crippen molar-refractivity contribution in [2.75, 3.05) is 71.4 Å². The first-order valence-electron chi connectivity index (χ1n) is 11.5. The minimum atomic E-state index is 0.141. The number of fused-ring (bicyclic) bond motifs is 2. The Bertz CT molecular complexity index is 1230. The van der Waals surface area contributed by atoms with Gasteiger partial charge in [0.15, 0.2) is 11.2 Å². The van der Waals surface area contributed by atoms with Crippen LogP contribution in [-0.4, -0.2) is 86.2 Å². The average molecular weight is 540 g/mol. The van der Waals surface area contributed by atoms with Gasteiger partial charge in [-0.3, -0.25) is 0 Å². The van der Waals surface area contributed by atoms with Gasteiger partial charge in [-0.05, 0) is 62.1 Å². The smallest absolute Gasteiger partial charge is 0.298 e. The van der Waals surface area contributed by atoms with E-state index in [4.69, 9.17) is 43.6 Å². The Morgan fingerprint density at radius 1 is 0.714 bits per heavy atom. The fraction of sp³-hybridized carbons (Fsp3) is 0.417. The van der Waals surface area contributed by atoms with E-state index in [0.717, 1.165) is 50.4 Å². The SMILES string of the molecule is CN1CCN(c2nc3cc(Cl)ccc3o2)CC1.CN1CCNCC1.Clc1ccc2oc(Cl)nc2c1. The largest absolute Gasteiger partial charge is 0.428 e. The quantitative estimate of drug-likeness (QED) is 0.367. The van der Waals surface area contributed by atoms with Crippen LogP contribution in [0.25, 0.3) is 22.2 Å². The van der Waals surface area contributed by atoms with Crippen LogP contribution in [0.4, 0.5) is 6.01 Å². The molecule has 8 nitrogen and oxygen atoms in total. The first-order valence-corrected chi connectivity index (χ1v) is 12.6. The highest BCUT2D eigenvalue weighted by Gasteiger charge is 2.19. The molecule has 0 bridgehead atoms. The standard InChI is InChI=1S/C12H14ClN3O.C7H3Cl2NO.C5H12N2/c1-15-4-6-16(7-5-15)12-14-10-8-9(13)2-3-11(10)17-12;8-4-1-2-6-5(3-4)10-7(9)11-6;1-7-4-2-6-3-5-7/h2-3,8H,4-7H2,1H3;1-3H;6H,2-5H2,1H3. The summed E-state index contributed by atoms with van der Waals surface area (Å²) < 4.78 is 10.8. The van der Waals surface area contributed by atoms with E-state index in [1.165, 1.54) is 13.1 Å². The molecule has 2 aliphatic heterocycles. The molecule has 2 fully saturated rings. The molecule has 0 unspecified atom stereocenters. The van der Waals surface area contributed by atoms with Crippen molar-refractivity contribution < 1.29 is 8.83 Å². The molecule has 6 rings (SSSR count). The minimum Gasteiger partial charge on any atom is -0.428 e. The normalized spacial score (nSPS) is 17.1. The van der Waals surface area contributed by atoms with Gasteiger partial charge in [-0.25, -0.2) is 0 Å². The van der Waals surface area contributed by atoms with Gasteiger partial charge in [-0.2, -0.15) is 9.97 Å². The van der Waals surface area contributed by atoms with E-state index in [9.17, 15) is 0 Å². The second-order valence-electron chi connectivity index (χ2n) is 8.53. The molecule has 2 saturated heterocycles. The number of benzene rings is 2. The highest BCUT2D eigenvalue weighted by molar-refractivity contribution is 6.31. The molecule has 1 N–H and O–H groups in total. The number of hydrogen-bond acceptors (Lipinski definition) is 8. The monoisotopic (exact) mass is 538 g/mol. The molecule has 2 aromatic carbocycles. The van der Waals surface area contributed by atoms with Crippen molar-refractivity contribution in [2.45, 2.75) is 0 Å². The third-order valence-corrected chi connectivity index (χ3v) is 6.41. The topological polar surface area (TPSA) is 73.8 Å². The van der Waals surface area contributed by atoms with Crippen molar-refractivity contribution >= 4 is 63.0 Å². The molecule has 2 aromatic heterocycles. The van der Waals surface area contributed by atoms with Crippen LogP contribution in [0.1, 0.15) is 0 Å². The first-order chi connectivity index (χ1) is 16.9. The molecule has 0 aliphatic carbocycles. The van der Waals surface area contributed by atoms with Gasteiger partial charge >= 0.3 is 0 Å². The minimum absolute atomic E-state index is 0.141. The maximum absolute atomic E-state index is 5.93. The van der Waals surface area contributed by atoms with E-state index in [0.29, 0.717) is 27.2 Å². The predicted octanol–water partition coefficient (Wildman–Crippen LogP) is 4.89. The molecular weight excluding hydrogens is 511 g/mol. The first kappa shape index (κ1) is 26.0. The lowest BCUT2D eigenvalue weighted by Gasteiger charge is -2.31. The molecule has 188 valence electrons. The second-order valence-corrected chi connectivity index (χ2v) is 9.73. The molecule has 0 spiro atoms. The molecule has 35 heavy (non-hydrogen) atoms. The van der Waals surface area contributed by atoms with E-state index < -0.39 is 0 Å². The number of likely N-dealkylation sites (N-methyl/N-ethyl adjacent to an activating group) is 2. The van der Waals surface area contributed by atoms with Gasteiger partial charge in [0.25, 0.3) is 11.4 Å². The van der Waals surface area contributed by atoms with Gasteiger partial charge in [0.2, 0.25) is 0 Å². The molecule has 4 heterocycles. The highest BCUT2D eigenvalue weighted by atomic mass is 35.5. The third-order valence-electron chi connectivity index (χ3n) is 5.78. The molecule has 2 aliphatic rings. The number of oxazole rings is 2. The number of hydrogen-bond donors (Lipinski definition) is 1. The Morgan fingerprint density at radius 3 is 1.83 bits per heavy atom. The summed E-state index contributed by atoms with van der Waals surface area (Å²) in [4.78, 5) is 15.2. The molecule has 0 amide bonds. The van der Waals surface area contributed by atoms with Crippen molar-refractivity contribution in [1.82, 2.24) is 25.1 Å². The van der Waals surface area contributed by atoms with E-state index >= 15 is 0 Å². The molecular formula is C24H29Cl3N6O2. The van der Waals surface area contributed by atoms with E-state index in [1.807, 2.05) is 18.2 Å². The number of nitrogens with zero attached hydrogens (tertiary/aromatic N) is 5. The summed E-state index contributed by atoms with van der Waals surface area (Å²) in [6.45, 7) is 8.74. The molecule has 4 aromatic rings. The van der Waals surface area contributed by atoms with E-state index in [2.05, 4.69) is 44.1 Å². The lowest BCUT2D eigenvalue weighted by atomic mass is 10.3. The highest BCUT2D eigenvalue weighted by Crippen LogP contribution is 2.25. The lowest BCUT2D eigenvalue weighted by Crippen LogP contribution is -2.44. The van der Waals surface area contributed by atoms with Crippen LogP contribution in [0.3, 0.4) is 0 Å². The number of nitrogens with one attached hydrogen (secondary N) is 1. The van der Waals surface area contributed by atoms with Gasteiger partial charge < -0.3 is 28.9 Å². The van der Waals surface area contributed by atoms with Gasteiger partial charge in [0.05, 0.1) is 0 Å². The zero-order valence-electron chi connectivity index (χ0n) is 19.8. The summed E-state index contributed by atoms with van der Waals surface area (Å²) in [5.41, 5.74) is 2.96. The van der Waals surface area contributed by atoms with Crippen LogP contribution in [0, 0.1) is 0 Å². The van der Waals surface area contributed by atoms with Crippen molar-refractivity contribution in [3.8, 4) is 0 Å². The number of halogens is 3. The van der Waals surface area contributed by atoms with E-state index in [1.54, 1.807) is 18.2 Å². The van der Waals surface area contributed by atoms with Crippen LogP contribution in [0.15, 0.2) is 45.2 Å². The number of rotatable bonds is 1. The maximum atomic E-state index is 5.93. The van der Waals surface area contributed by atoms with Crippen molar-refractivity contribution in [3.05, 3.63) is 51.8 Å². The number of aromatic nitrogens is 2. The Hall–Kier alpha value is -2.07. The van der Waals surface area contributed by atoms with Crippen LogP contribution in [0.5, 0.6) is 0 Å². The van der Waals surface area contributed by atoms with E-state index in [-0.39, 0.29) is 5.35 Å². The van der Waals surface area contributed by atoms with Crippen molar-refractivity contribution in [2.24, 2.45) is 0 Å². The predicted molar refractivity (Wildman–Crippen MR) is 143 cm³/mol. The van der Waals surface area contributed by atoms with Crippen LogP contribution >= 0.6 is 34.8 Å². The maximum Gasteiger partial charge on any atom is 0.298 e. The molecule has 0 radical (unpaired) electrons. The number of anilines is 1. The zero-order valence-corrected chi connectivity index (χ0v) is 22.1. The molecule has 0 saturated carbocycles. The summed E-state index contributed by atoms with van der Waals surface area (Å²) >= 11 is 17.1. The second kappa shape index (κ2) is 12.3. The fourth-order valence-corrected chi connectivity index (χ4v) is 4.18. The van der Waals surface area contributed by atoms with Gasteiger partial charge in [-0.1, -0.05) is 23.2 Å².